The molecule has 0 saturated heterocycles. The van der Waals surface area contributed by atoms with Gasteiger partial charge in [0.15, 0.2) is 0 Å². The summed E-state index contributed by atoms with van der Waals surface area (Å²) in [5.74, 6) is -0.455. The first-order valence-electron chi connectivity index (χ1n) is 6.18. The van der Waals surface area contributed by atoms with Gasteiger partial charge in [-0.15, -0.1) is 0 Å². The van der Waals surface area contributed by atoms with Gasteiger partial charge in [-0.1, -0.05) is 28.1 Å². The zero-order valence-electron chi connectivity index (χ0n) is 10.1. The summed E-state index contributed by atoms with van der Waals surface area (Å²) < 4.78 is 0.980. The Balaban J connectivity index is 2.02. The normalized spacial score (nSPS) is 22.8. The number of carbonyl (C=O) groups is 1. The second-order valence-electron chi connectivity index (χ2n) is 4.78. The highest BCUT2D eigenvalue weighted by molar-refractivity contribution is 9.10. The number of imidazole rings is 1. The van der Waals surface area contributed by atoms with E-state index in [2.05, 4.69) is 25.9 Å². The molecule has 0 radical (unpaired) electrons. The van der Waals surface area contributed by atoms with Gasteiger partial charge < -0.3 is 10.1 Å². The van der Waals surface area contributed by atoms with E-state index in [0.29, 0.717) is 6.42 Å². The predicted molar refractivity (Wildman–Crippen MR) is 76.0 cm³/mol. The summed E-state index contributed by atoms with van der Waals surface area (Å²) in [6.45, 7) is 0. The van der Waals surface area contributed by atoms with Crippen LogP contribution in [0.5, 0.6) is 0 Å². The molecule has 1 aromatic heterocycles. The Bertz CT molecular complexity index is 663. The van der Waals surface area contributed by atoms with E-state index in [9.17, 15) is 9.90 Å². The van der Waals surface area contributed by atoms with Gasteiger partial charge in [0.05, 0.1) is 17.0 Å². The lowest BCUT2D eigenvalue weighted by Gasteiger charge is -2.23. The molecule has 0 amide bonds. The minimum absolute atomic E-state index is 0.0753. The number of H-pyrrole nitrogens is 1. The van der Waals surface area contributed by atoms with Crippen molar-refractivity contribution in [1.29, 1.82) is 0 Å². The molecule has 2 unspecified atom stereocenters. The molecule has 1 heterocycles. The average molecular weight is 321 g/mol. The molecular weight excluding hydrogens is 308 g/mol. The number of aromatic nitrogens is 2. The fraction of sp³-hybridized carbons (Fsp3) is 0.286. The summed E-state index contributed by atoms with van der Waals surface area (Å²) in [7, 11) is 0. The van der Waals surface area contributed by atoms with Gasteiger partial charge in [-0.05, 0) is 31.0 Å². The van der Waals surface area contributed by atoms with Crippen molar-refractivity contribution >= 4 is 32.9 Å². The maximum atomic E-state index is 11.3. The summed E-state index contributed by atoms with van der Waals surface area (Å²) in [4.78, 5) is 19.1. The van der Waals surface area contributed by atoms with Gasteiger partial charge >= 0.3 is 5.97 Å². The Morgan fingerprint density at radius 3 is 2.95 bits per heavy atom. The lowest BCUT2D eigenvalue weighted by Crippen LogP contribution is -2.24. The molecule has 1 aromatic carbocycles. The van der Waals surface area contributed by atoms with Crippen LogP contribution in [0.2, 0.25) is 0 Å². The van der Waals surface area contributed by atoms with Gasteiger partial charge in [0.1, 0.15) is 5.82 Å². The Morgan fingerprint density at radius 1 is 1.37 bits per heavy atom. The molecule has 0 saturated carbocycles. The van der Waals surface area contributed by atoms with Crippen LogP contribution in [0.15, 0.2) is 34.8 Å². The van der Waals surface area contributed by atoms with Crippen LogP contribution in [-0.4, -0.2) is 21.0 Å². The fourth-order valence-electron chi connectivity index (χ4n) is 2.57. The van der Waals surface area contributed by atoms with Crippen LogP contribution >= 0.6 is 15.9 Å². The van der Waals surface area contributed by atoms with E-state index in [1.807, 2.05) is 30.4 Å². The molecule has 98 valence electrons. The van der Waals surface area contributed by atoms with E-state index in [1.54, 1.807) is 0 Å². The van der Waals surface area contributed by atoms with Crippen molar-refractivity contribution in [3.05, 3.63) is 40.6 Å². The van der Waals surface area contributed by atoms with Crippen LogP contribution < -0.4 is 0 Å². The van der Waals surface area contributed by atoms with Crippen LogP contribution in [0.4, 0.5) is 0 Å². The number of nitrogens with one attached hydrogen (secondary N) is 1. The lowest BCUT2D eigenvalue weighted by molar-refractivity contribution is -0.142. The van der Waals surface area contributed by atoms with Crippen molar-refractivity contribution in [3.63, 3.8) is 0 Å². The first-order valence-corrected chi connectivity index (χ1v) is 6.97. The van der Waals surface area contributed by atoms with Crippen LogP contribution in [0, 0.1) is 5.92 Å². The number of fused-ring (bicyclic) bond motifs is 1. The Labute approximate surface area is 118 Å². The Kier molecular flexibility index (Phi) is 3.14. The predicted octanol–water partition coefficient (Wildman–Crippen LogP) is 3.46. The van der Waals surface area contributed by atoms with Gasteiger partial charge in [0.2, 0.25) is 0 Å². The number of rotatable bonds is 2. The smallest absolute Gasteiger partial charge is 0.307 e. The number of aromatic amines is 1. The van der Waals surface area contributed by atoms with Gasteiger partial charge in [0, 0.05) is 10.4 Å². The molecule has 0 fully saturated rings. The van der Waals surface area contributed by atoms with E-state index < -0.39 is 11.9 Å². The lowest BCUT2D eigenvalue weighted by atomic mass is 9.82. The molecule has 19 heavy (non-hydrogen) atoms. The number of aliphatic carboxylic acids is 1. The van der Waals surface area contributed by atoms with Gasteiger partial charge in [-0.2, -0.15) is 0 Å². The van der Waals surface area contributed by atoms with Crippen molar-refractivity contribution in [2.24, 2.45) is 5.92 Å². The molecule has 1 aliphatic carbocycles. The molecular formula is C14H13BrN2O2. The Hall–Kier alpha value is -1.62. The first-order chi connectivity index (χ1) is 9.15. The molecule has 2 atom stereocenters. The molecule has 4 nitrogen and oxygen atoms in total. The fourth-order valence-corrected chi connectivity index (χ4v) is 2.93. The minimum atomic E-state index is -0.754. The number of carboxylic acids is 1. The maximum Gasteiger partial charge on any atom is 0.307 e. The number of nitrogens with zero attached hydrogens (tertiary/aromatic N) is 1. The molecule has 0 aliphatic heterocycles. The van der Waals surface area contributed by atoms with Gasteiger partial charge in [0.25, 0.3) is 0 Å². The molecule has 1 aliphatic rings. The molecule has 2 aromatic rings. The van der Waals surface area contributed by atoms with Gasteiger partial charge in [-0.25, -0.2) is 4.98 Å². The molecule has 3 rings (SSSR count). The number of benzene rings is 1. The summed E-state index contributed by atoms with van der Waals surface area (Å²) in [6, 6.07) is 5.82. The van der Waals surface area contributed by atoms with Crippen LogP contribution in [0.1, 0.15) is 24.6 Å². The van der Waals surface area contributed by atoms with E-state index in [0.717, 1.165) is 27.8 Å². The number of hydrogen-bond donors (Lipinski definition) is 2. The largest absolute Gasteiger partial charge is 0.481 e. The number of allylic oxidation sites excluding steroid dienone is 2. The van der Waals surface area contributed by atoms with Crippen molar-refractivity contribution in [3.8, 4) is 0 Å². The van der Waals surface area contributed by atoms with Crippen molar-refractivity contribution in [1.82, 2.24) is 9.97 Å². The third-order valence-corrected chi connectivity index (χ3v) is 4.06. The molecule has 5 heteroatoms. The standard InChI is InChI=1S/C14H13BrN2O2/c15-8-5-6-11-12(7-8)17-13(16-11)9-3-1-2-4-10(9)14(18)19/h1-2,5-7,9-10H,3-4H2,(H,16,17)(H,18,19). The topological polar surface area (TPSA) is 66.0 Å². The molecule has 2 N–H and O–H groups in total. The zero-order valence-corrected chi connectivity index (χ0v) is 11.7. The molecule has 0 spiro atoms. The summed E-state index contributed by atoms with van der Waals surface area (Å²) in [5.41, 5.74) is 1.81. The maximum absolute atomic E-state index is 11.3. The zero-order chi connectivity index (χ0) is 13.4. The van der Waals surface area contributed by atoms with E-state index in [-0.39, 0.29) is 5.92 Å². The third-order valence-electron chi connectivity index (χ3n) is 3.56. The second-order valence-corrected chi connectivity index (χ2v) is 5.69. The van der Waals surface area contributed by atoms with E-state index in [4.69, 9.17) is 0 Å². The number of halogens is 1. The number of hydrogen-bond acceptors (Lipinski definition) is 2. The summed E-state index contributed by atoms with van der Waals surface area (Å²) in [6.07, 6.45) is 5.26. The van der Waals surface area contributed by atoms with Crippen LogP contribution in [0.3, 0.4) is 0 Å². The van der Waals surface area contributed by atoms with E-state index >= 15 is 0 Å². The highest BCUT2D eigenvalue weighted by Crippen LogP contribution is 2.34. The third kappa shape index (κ3) is 2.30. The highest BCUT2D eigenvalue weighted by atomic mass is 79.9. The quantitative estimate of drug-likeness (QED) is 0.833. The SMILES string of the molecule is O=C(O)C1CC=CCC1c1nc2ccc(Br)cc2[nH]1. The first kappa shape index (κ1) is 12.4. The summed E-state index contributed by atoms with van der Waals surface area (Å²) in [5, 5.41) is 9.31. The van der Waals surface area contributed by atoms with Gasteiger partial charge in [-0.3, -0.25) is 4.79 Å². The van der Waals surface area contributed by atoms with Crippen molar-refractivity contribution in [2.45, 2.75) is 18.8 Å². The van der Waals surface area contributed by atoms with Crippen molar-refractivity contribution in [2.75, 3.05) is 0 Å². The van der Waals surface area contributed by atoms with Crippen LogP contribution in [0.25, 0.3) is 11.0 Å². The summed E-state index contributed by atoms with van der Waals surface area (Å²) >= 11 is 3.42. The average Bonchev–Trinajstić information content (AvgIpc) is 2.81. The Morgan fingerprint density at radius 2 is 2.16 bits per heavy atom. The van der Waals surface area contributed by atoms with Crippen LogP contribution in [-0.2, 0) is 4.79 Å². The highest BCUT2D eigenvalue weighted by Gasteiger charge is 2.31. The van der Waals surface area contributed by atoms with E-state index in [1.165, 1.54) is 0 Å². The molecule has 0 bridgehead atoms. The number of carboxylic acid groups (broad SMARTS) is 1. The monoisotopic (exact) mass is 320 g/mol. The minimum Gasteiger partial charge on any atom is -0.481 e. The van der Waals surface area contributed by atoms with Crippen molar-refractivity contribution < 1.29 is 9.90 Å². The second kappa shape index (κ2) is 4.81.